The number of anilines is 1. The van der Waals surface area contributed by atoms with Crippen molar-refractivity contribution in [3.8, 4) is 11.5 Å². The van der Waals surface area contributed by atoms with Gasteiger partial charge in [-0.2, -0.15) is 5.10 Å². The second kappa shape index (κ2) is 7.06. The Kier molecular flexibility index (Phi) is 4.45. The molecule has 4 rings (SSSR count). The van der Waals surface area contributed by atoms with Crippen LogP contribution in [0.15, 0.2) is 47.1 Å². The van der Waals surface area contributed by atoms with Crippen LogP contribution in [0.5, 0.6) is 11.5 Å². The number of carbonyl (C=O) groups is 1. The number of ether oxygens (including phenoxy) is 2. The van der Waals surface area contributed by atoms with Gasteiger partial charge in [-0.05, 0) is 44.2 Å². The smallest absolute Gasteiger partial charge is 0.319 e. The summed E-state index contributed by atoms with van der Waals surface area (Å²) in [6.45, 7) is 4.43. The van der Waals surface area contributed by atoms with E-state index in [1.807, 2.05) is 36.7 Å². The molecular weight excluding hydrogens is 348 g/mol. The first-order valence-corrected chi connectivity index (χ1v) is 8.61. The van der Waals surface area contributed by atoms with Gasteiger partial charge in [0.05, 0.1) is 12.0 Å². The minimum absolute atomic E-state index is 0.193. The van der Waals surface area contributed by atoms with Crippen molar-refractivity contribution in [2.75, 3.05) is 18.7 Å². The van der Waals surface area contributed by atoms with E-state index in [9.17, 15) is 4.79 Å². The van der Waals surface area contributed by atoms with Gasteiger partial charge in [0.2, 0.25) is 6.79 Å². The van der Waals surface area contributed by atoms with Gasteiger partial charge in [-0.15, -0.1) is 0 Å². The second-order valence-electron chi connectivity index (χ2n) is 6.31. The van der Waals surface area contributed by atoms with E-state index in [-0.39, 0.29) is 18.9 Å². The van der Waals surface area contributed by atoms with Crippen molar-refractivity contribution in [3.05, 3.63) is 59.8 Å². The number of carbonyl (C=O) groups excluding carboxylic acids is 1. The van der Waals surface area contributed by atoms with Gasteiger partial charge in [0.15, 0.2) is 11.5 Å². The Labute approximate surface area is 156 Å². The van der Waals surface area contributed by atoms with Crippen molar-refractivity contribution in [2.24, 2.45) is 0 Å². The highest BCUT2D eigenvalue weighted by Gasteiger charge is 2.21. The molecule has 140 valence electrons. The molecule has 1 atom stereocenters. The number of aromatic nitrogens is 2. The van der Waals surface area contributed by atoms with Crippen molar-refractivity contribution >= 4 is 11.7 Å². The van der Waals surface area contributed by atoms with E-state index in [2.05, 4.69) is 15.7 Å². The Balaban J connectivity index is 1.44. The van der Waals surface area contributed by atoms with Crippen LogP contribution < -0.4 is 20.1 Å². The number of urea groups is 1. The quantitative estimate of drug-likeness (QED) is 0.722. The second-order valence-corrected chi connectivity index (χ2v) is 6.31. The summed E-state index contributed by atoms with van der Waals surface area (Å²) in [5.41, 5.74) is 2.53. The maximum atomic E-state index is 12.4. The standard InChI is InChI=1S/C19H20N4O4/c1-12-8-13(2)23(22-12)15(16-4-3-7-25-16)10-20-19(24)21-14-5-6-17-18(9-14)27-11-26-17/h3-9,15H,10-11H2,1-2H3,(H2,20,21,24). The number of aryl methyl sites for hydroxylation is 2. The number of rotatable bonds is 5. The Morgan fingerprint density at radius 3 is 2.81 bits per heavy atom. The summed E-state index contributed by atoms with van der Waals surface area (Å²) in [6, 6.07) is 10.4. The van der Waals surface area contributed by atoms with Crippen LogP contribution >= 0.6 is 0 Å². The van der Waals surface area contributed by atoms with Crippen molar-refractivity contribution in [1.82, 2.24) is 15.1 Å². The topological polar surface area (TPSA) is 90.6 Å². The molecule has 0 saturated heterocycles. The fraction of sp³-hybridized carbons (Fsp3) is 0.263. The molecule has 0 saturated carbocycles. The number of furan rings is 1. The van der Waals surface area contributed by atoms with E-state index in [0.717, 1.165) is 17.1 Å². The molecular formula is C19H20N4O4. The average Bonchev–Trinajstić information content (AvgIpc) is 3.37. The number of fused-ring (bicyclic) bond motifs is 1. The number of nitrogens with zero attached hydrogens (tertiary/aromatic N) is 2. The molecule has 2 aromatic heterocycles. The van der Waals surface area contributed by atoms with E-state index >= 15 is 0 Å². The highest BCUT2D eigenvalue weighted by Crippen LogP contribution is 2.34. The monoisotopic (exact) mass is 368 g/mol. The Bertz CT molecular complexity index is 949. The largest absolute Gasteiger partial charge is 0.467 e. The molecule has 3 aromatic rings. The minimum Gasteiger partial charge on any atom is -0.467 e. The van der Waals surface area contributed by atoms with Gasteiger partial charge in [-0.1, -0.05) is 0 Å². The molecule has 3 heterocycles. The molecule has 1 unspecified atom stereocenters. The van der Waals surface area contributed by atoms with Crippen molar-refractivity contribution < 1.29 is 18.7 Å². The molecule has 0 fully saturated rings. The van der Waals surface area contributed by atoms with Crippen LogP contribution in [-0.2, 0) is 0 Å². The molecule has 0 radical (unpaired) electrons. The molecule has 1 aromatic carbocycles. The maximum Gasteiger partial charge on any atom is 0.319 e. The summed E-state index contributed by atoms with van der Waals surface area (Å²) in [6.07, 6.45) is 1.61. The molecule has 27 heavy (non-hydrogen) atoms. The highest BCUT2D eigenvalue weighted by molar-refractivity contribution is 5.89. The summed E-state index contributed by atoms with van der Waals surface area (Å²) in [7, 11) is 0. The SMILES string of the molecule is Cc1cc(C)n(C(CNC(=O)Nc2ccc3c(c2)OCO3)c2ccco2)n1. The lowest BCUT2D eigenvalue weighted by Crippen LogP contribution is -2.35. The first-order chi connectivity index (χ1) is 13.1. The average molecular weight is 368 g/mol. The van der Waals surface area contributed by atoms with E-state index < -0.39 is 0 Å². The van der Waals surface area contributed by atoms with E-state index in [1.165, 1.54) is 0 Å². The van der Waals surface area contributed by atoms with Crippen LogP contribution in [0.2, 0.25) is 0 Å². The maximum absolute atomic E-state index is 12.4. The molecule has 0 bridgehead atoms. The lowest BCUT2D eigenvalue weighted by atomic mass is 10.2. The third-order valence-electron chi connectivity index (χ3n) is 4.30. The van der Waals surface area contributed by atoms with Crippen molar-refractivity contribution in [3.63, 3.8) is 0 Å². The number of hydrogen-bond donors (Lipinski definition) is 2. The molecule has 8 heteroatoms. The molecule has 0 aliphatic carbocycles. The number of benzene rings is 1. The minimum atomic E-state index is -0.327. The van der Waals surface area contributed by atoms with Gasteiger partial charge in [0.25, 0.3) is 0 Å². The van der Waals surface area contributed by atoms with E-state index in [0.29, 0.717) is 23.7 Å². The lowest BCUT2D eigenvalue weighted by Gasteiger charge is -2.18. The summed E-state index contributed by atoms with van der Waals surface area (Å²) in [5, 5.41) is 10.2. The zero-order chi connectivity index (χ0) is 18.8. The molecule has 2 N–H and O–H groups in total. The van der Waals surface area contributed by atoms with E-state index in [4.69, 9.17) is 13.9 Å². The van der Waals surface area contributed by atoms with Crippen LogP contribution in [0.1, 0.15) is 23.2 Å². The zero-order valence-corrected chi connectivity index (χ0v) is 15.1. The zero-order valence-electron chi connectivity index (χ0n) is 15.1. The van der Waals surface area contributed by atoms with Crippen LogP contribution in [0.25, 0.3) is 0 Å². The van der Waals surface area contributed by atoms with Crippen LogP contribution in [0, 0.1) is 13.8 Å². The first-order valence-electron chi connectivity index (χ1n) is 8.61. The third-order valence-corrected chi connectivity index (χ3v) is 4.30. The van der Waals surface area contributed by atoms with Gasteiger partial charge in [0, 0.05) is 24.0 Å². The van der Waals surface area contributed by atoms with Gasteiger partial charge in [-0.25, -0.2) is 4.79 Å². The summed E-state index contributed by atoms with van der Waals surface area (Å²) >= 11 is 0. The molecule has 1 aliphatic rings. The predicted octanol–water partition coefficient (Wildman–Crippen LogP) is 3.23. The Morgan fingerprint density at radius 1 is 1.22 bits per heavy atom. The number of hydrogen-bond acceptors (Lipinski definition) is 5. The fourth-order valence-corrected chi connectivity index (χ4v) is 3.09. The van der Waals surface area contributed by atoms with Crippen LogP contribution in [-0.4, -0.2) is 29.1 Å². The van der Waals surface area contributed by atoms with Gasteiger partial charge in [-0.3, -0.25) is 4.68 Å². The van der Waals surface area contributed by atoms with Crippen LogP contribution in [0.4, 0.5) is 10.5 Å². The van der Waals surface area contributed by atoms with Crippen molar-refractivity contribution in [1.29, 1.82) is 0 Å². The molecule has 1 aliphatic heterocycles. The van der Waals surface area contributed by atoms with Gasteiger partial charge in [0.1, 0.15) is 11.8 Å². The first kappa shape index (κ1) is 17.0. The normalized spacial score (nSPS) is 13.4. The summed E-state index contributed by atoms with van der Waals surface area (Å²) in [4.78, 5) is 12.4. The highest BCUT2D eigenvalue weighted by atomic mass is 16.7. The summed E-state index contributed by atoms with van der Waals surface area (Å²) < 4.78 is 18.0. The van der Waals surface area contributed by atoms with E-state index in [1.54, 1.807) is 24.5 Å². The molecule has 2 amide bonds. The molecule has 0 spiro atoms. The van der Waals surface area contributed by atoms with Gasteiger partial charge >= 0.3 is 6.03 Å². The summed E-state index contributed by atoms with van der Waals surface area (Å²) in [5.74, 6) is 2.01. The number of nitrogens with one attached hydrogen (secondary N) is 2. The third kappa shape index (κ3) is 3.59. The van der Waals surface area contributed by atoms with Crippen LogP contribution in [0.3, 0.4) is 0 Å². The van der Waals surface area contributed by atoms with Gasteiger partial charge < -0.3 is 24.5 Å². The lowest BCUT2D eigenvalue weighted by molar-refractivity contribution is 0.174. The number of amides is 2. The predicted molar refractivity (Wildman–Crippen MR) is 98.1 cm³/mol. The fourth-order valence-electron chi connectivity index (χ4n) is 3.09. The Morgan fingerprint density at radius 2 is 2.07 bits per heavy atom. The Hall–Kier alpha value is -3.42. The van der Waals surface area contributed by atoms with Crippen molar-refractivity contribution in [2.45, 2.75) is 19.9 Å². The molecule has 8 nitrogen and oxygen atoms in total.